The number of carbonyl (C=O) groups is 1. The summed E-state index contributed by atoms with van der Waals surface area (Å²) in [5, 5.41) is 0. The maximum atomic E-state index is 12.5. The predicted molar refractivity (Wildman–Crippen MR) is 116 cm³/mol. The van der Waals surface area contributed by atoms with Crippen molar-refractivity contribution in [3.8, 4) is 11.5 Å². The quantitative estimate of drug-likeness (QED) is 0.508. The Labute approximate surface area is 172 Å². The first-order chi connectivity index (χ1) is 14.2. The SMILES string of the molecule is C=CCN1CCN(C(=O)C=Cc2ccc(OCc3ccccc3)c(OC)c2)CC1. The van der Waals surface area contributed by atoms with E-state index in [0.29, 0.717) is 18.1 Å². The van der Waals surface area contributed by atoms with Crippen molar-refractivity contribution >= 4 is 12.0 Å². The average Bonchev–Trinajstić information content (AvgIpc) is 2.77. The number of nitrogens with zero attached hydrogens (tertiary/aromatic N) is 2. The number of amides is 1. The fourth-order valence-electron chi connectivity index (χ4n) is 3.25. The molecule has 0 N–H and O–H groups in total. The molecule has 0 atom stereocenters. The minimum absolute atomic E-state index is 0.0339. The second-order valence-corrected chi connectivity index (χ2v) is 6.93. The Hall–Kier alpha value is -3.05. The Morgan fingerprint density at radius 2 is 1.83 bits per heavy atom. The molecule has 3 rings (SSSR count). The highest BCUT2D eigenvalue weighted by atomic mass is 16.5. The van der Waals surface area contributed by atoms with Gasteiger partial charge in [0.2, 0.25) is 5.91 Å². The molecule has 29 heavy (non-hydrogen) atoms. The topological polar surface area (TPSA) is 42.0 Å². The van der Waals surface area contributed by atoms with E-state index in [2.05, 4.69) is 11.5 Å². The average molecular weight is 392 g/mol. The monoisotopic (exact) mass is 392 g/mol. The van der Waals surface area contributed by atoms with Gasteiger partial charge in [0.1, 0.15) is 6.61 Å². The van der Waals surface area contributed by atoms with Crippen molar-refractivity contribution in [2.45, 2.75) is 6.61 Å². The van der Waals surface area contributed by atoms with E-state index in [9.17, 15) is 4.79 Å². The predicted octanol–water partition coefficient (Wildman–Crippen LogP) is 3.62. The van der Waals surface area contributed by atoms with Crippen molar-refractivity contribution in [1.82, 2.24) is 9.80 Å². The zero-order valence-corrected chi connectivity index (χ0v) is 16.9. The number of hydrogen-bond acceptors (Lipinski definition) is 4. The second-order valence-electron chi connectivity index (χ2n) is 6.93. The molecule has 1 heterocycles. The lowest BCUT2D eigenvalue weighted by molar-refractivity contribution is -0.127. The first kappa shape index (κ1) is 20.7. The number of hydrogen-bond donors (Lipinski definition) is 0. The van der Waals surface area contributed by atoms with Crippen molar-refractivity contribution in [3.63, 3.8) is 0 Å². The maximum Gasteiger partial charge on any atom is 0.246 e. The molecule has 0 aliphatic carbocycles. The van der Waals surface area contributed by atoms with Crippen LogP contribution in [0.2, 0.25) is 0 Å². The summed E-state index contributed by atoms with van der Waals surface area (Å²) >= 11 is 0. The highest BCUT2D eigenvalue weighted by Crippen LogP contribution is 2.29. The van der Waals surface area contributed by atoms with Crippen LogP contribution in [0.5, 0.6) is 11.5 Å². The molecule has 1 aliphatic rings. The minimum atomic E-state index is 0.0339. The number of rotatable bonds is 8. The molecule has 0 aromatic heterocycles. The van der Waals surface area contributed by atoms with Gasteiger partial charge in [-0.05, 0) is 29.3 Å². The molecule has 2 aromatic rings. The zero-order valence-electron chi connectivity index (χ0n) is 16.9. The van der Waals surface area contributed by atoms with Gasteiger partial charge in [0, 0.05) is 38.8 Å². The molecule has 0 saturated carbocycles. The van der Waals surface area contributed by atoms with Crippen LogP contribution in [0.15, 0.2) is 67.3 Å². The third-order valence-electron chi connectivity index (χ3n) is 4.91. The fraction of sp³-hybridized carbons (Fsp3) is 0.292. The van der Waals surface area contributed by atoms with Crippen molar-refractivity contribution in [3.05, 3.63) is 78.4 Å². The molecule has 152 valence electrons. The van der Waals surface area contributed by atoms with Gasteiger partial charge in [0.15, 0.2) is 11.5 Å². The molecule has 1 fully saturated rings. The molecule has 5 nitrogen and oxygen atoms in total. The molecular weight excluding hydrogens is 364 g/mol. The van der Waals surface area contributed by atoms with E-state index in [1.807, 2.05) is 65.6 Å². The van der Waals surface area contributed by atoms with Gasteiger partial charge in [-0.25, -0.2) is 0 Å². The van der Waals surface area contributed by atoms with Crippen LogP contribution in [0.25, 0.3) is 6.08 Å². The van der Waals surface area contributed by atoms with Crippen LogP contribution in [0, 0.1) is 0 Å². The first-order valence-corrected chi connectivity index (χ1v) is 9.84. The van der Waals surface area contributed by atoms with Gasteiger partial charge >= 0.3 is 0 Å². The van der Waals surface area contributed by atoms with Crippen LogP contribution < -0.4 is 9.47 Å². The summed E-state index contributed by atoms with van der Waals surface area (Å²) in [6.45, 7) is 8.36. The Morgan fingerprint density at radius 1 is 1.07 bits per heavy atom. The lowest BCUT2D eigenvalue weighted by Gasteiger charge is -2.33. The maximum absolute atomic E-state index is 12.5. The van der Waals surface area contributed by atoms with Crippen LogP contribution in [0.4, 0.5) is 0 Å². The number of piperazine rings is 1. The summed E-state index contributed by atoms with van der Waals surface area (Å²) < 4.78 is 11.3. The lowest BCUT2D eigenvalue weighted by atomic mass is 10.1. The summed E-state index contributed by atoms with van der Waals surface area (Å²) in [4.78, 5) is 16.6. The normalized spacial score (nSPS) is 14.7. The molecule has 0 bridgehead atoms. The third-order valence-corrected chi connectivity index (χ3v) is 4.91. The van der Waals surface area contributed by atoms with E-state index in [1.54, 1.807) is 13.2 Å². The first-order valence-electron chi connectivity index (χ1n) is 9.84. The van der Waals surface area contributed by atoms with Gasteiger partial charge in [-0.1, -0.05) is 42.5 Å². The molecule has 5 heteroatoms. The van der Waals surface area contributed by atoms with Gasteiger partial charge < -0.3 is 14.4 Å². The Kier molecular flexibility index (Phi) is 7.47. The van der Waals surface area contributed by atoms with Crippen molar-refractivity contribution in [2.75, 3.05) is 39.8 Å². The van der Waals surface area contributed by atoms with Crippen molar-refractivity contribution < 1.29 is 14.3 Å². The molecule has 0 radical (unpaired) electrons. The van der Waals surface area contributed by atoms with E-state index >= 15 is 0 Å². The molecule has 1 aliphatic heterocycles. The van der Waals surface area contributed by atoms with Crippen LogP contribution in [0.1, 0.15) is 11.1 Å². The van der Waals surface area contributed by atoms with Crippen molar-refractivity contribution in [1.29, 1.82) is 0 Å². The molecule has 0 spiro atoms. The smallest absolute Gasteiger partial charge is 0.246 e. The third kappa shape index (κ3) is 5.96. The van der Waals surface area contributed by atoms with Crippen LogP contribution in [-0.2, 0) is 11.4 Å². The van der Waals surface area contributed by atoms with Gasteiger partial charge in [-0.15, -0.1) is 6.58 Å². The standard InChI is InChI=1S/C24H28N2O3/c1-3-13-25-14-16-26(17-15-25)24(27)12-10-20-9-11-22(23(18-20)28-2)29-19-21-7-5-4-6-8-21/h3-12,18H,1,13-17,19H2,2H3. The van der Waals surface area contributed by atoms with Crippen LogP contribution in [-0.4, -0.2) is 55.5 Å². The van der Waals surface area contributed by atoms with Crippen LogP contribution in [0.3, 0.4) is 0 Å². The number of methoxy groups -OCH3 is 1. The van der Waals surface area contributed by atoms with Gasteiger partial charge in [-0.2, -0.15) is 0 Å². The molecule has 2 aromatic carbocycles. The van der Waals surface area contributed by atoms with E-state index in [0.717, 1.165) is 43.9 Å². The fourth-order valence-corrected chi connectivity index (χ4v) is 3.25. The van der Waals surface area contributed by atoms with Crippen molar-refractivity contribution in [2.24, 2.45) is 0 Å². The molecule has 0 unspecified atom stereocenters. The summed E-state index contributed by atoms with van der Waals surface area (Å²) in [6, 6.07) is 15.7. The van der Waals surface area contributed by atoms with E-state index in [-0.39, 0.29) is 5.91 Å². The summed E-state index contributed by atoms with van der Waals surface area (Å²) in [6.07, 6.45) is 5.35. The van der Waals surface area contributed by atoms with Gasteiger partial charge in [0.25, 0.3) is 0 Å². The molecule has 1 amide bonds. The molecular formula is C24H28N2O3. The second kappa shape index (κ2) is 10.5. The molecule has 1 saturated heterocycles. The van der Waals surface area contributed by atoms with Crippen LogP contribution >= 0.6 is 0 Å². The summed E-state index contributed by atoms with van der Waals surface area (Å²) in [7, 11) is 1.62. The van der Waals surface area contributed by atoms with E-state index < -0.39 is 0 Å². The highest BCUT2D eigenvalue weighted by molar-refractivity contribution is 5.92. The Balaban J connectivity index is 1.58. The number of carbonyl (C=O) groups excluding carboxylic acids is 1. The van der Waals surface area contributed by atoms with Gasteiger partial charge in [-0.3, -0.25) is 9.69 Å². The summed E-state index contributed by atoms with van der Waals surface area (Å²) in [5.74, 6) is 1.36. The number of ether oxygens (including phenoxy) is 2. The number of benzene rings is 2. The lowest BCUT2D eigenvalue weighted by Crippen LogP contribution is -2.48. The highest BCUT2D eigenvalue weighted by Gasteiger charge is 2.18. The minimum Gasteiger partial charge on any atom is -0.493 e. The zero-order chi connectivity index (χ0) is 20.5. The van der Waals surface area contributed by atoms with Gasteiger partial charge in [0.05, 0.1) is 7.11 Å². The Bertz CT molecular complexity index is 840. The summed E-state index contributed by atoms with van der Waals surface area (Å²) in [5.41, 5.74) is 1.99. The van der Waals surface area contributed by atoms with E-state index in [4.69, 9.17) is 9.47 Å². The largest absolute Gasteiger partial charge is 0.493 e. The Morgan fingerprint density at radius 3 is 2.52 bits per heavy atom. The van der Waals surface area contributed by atoms with E-state index in [1.165, 1.54) is 0 Å².